The van der Waals surface area contributed by atoms with Crippen molar-refractivity contribution in [1.29, 1.82) is 0 Å². The molecule has 1 aromatic rings. The van der Waals surface area contributed by atoms with Crippen LogP contribution in [0.5, 0.6) is 17.2 Å². The molecular weight excluding hydrogens is 283 g/mol. The highest BCUT2D eigenvalue weighted by atomic mass is 35.5. The van der Waals surface area contributed by atoms with Crippen molar-refractivity contribution in [2.24, 2.45) is 0 Å². The van der Waals surface area contributed by atoms with E-state index in [0.717, 1.165) is 0 Å². The first-order valence-corrected chi connectivity index (χ1v) is 5.55. The highest BCUT2D eigenvalue weighted by Gasteiger charge is 2.22. The monoisotopic (exact) mass is 292 g/mol. The van der Waals surface area contributed by atoms with Gasteiger partial charge >= 0.3 is 11.9 Å². The number of ether oxygens (including phenoxy) is 3. The minimum Gasteiger partial charge on any atom is -0.493 e. The van der Waals surface area contributed by atoms with Crippen LogP contribution >= 0.6 is 23.2 Å². The van der Waals surface area contributed by atoms with Gasteiger partial charge in [-0.2, -0.15) is 0 Å². The molecule has 0 N–H and O–H groups in total. The number of hydrogen-bond acceptors (Lipinski definition) is 5. The van der Waals surface area contributed by atoms with E-state index in [1.165, 1.54) is 27.0 Å². The number of hydrogen-bond donors (Lipinski definition) is 0. The van der Waals surface area contributed by atoms with E-state index < -0.39 is 11.9 Å². The average Bonchev–Trinajstić information content (AvgIpc) is 2.27. The first-order chi connectivity index (χ1) is 8.36. The Morgan fingerprint density at radius 2 is 1.56 bits per heavy atom. The minimum atomic E-state index is -0.630. The first kappa shape index (κ1) is 14.6. The third kappa shape index (κ3) is 3.27. The summed E-state index contributed by atoms with van der Waals surface area (Å²) in [6, 6.07) is 1.36. The lowest BCUT2D eigenvalue weighted by Gasteiger charge is -2.14. The molecule has 7 heteroatoms. The molecule has 1 rings (SSSR count). The Balaban J connectivity index is 3.44. The second-order valence-corrected chi connectivity index (χ2v) is 4.01. The molecule has 18 heavy (non-hydrogen) atoms. The number of rotatable bonds is 3. The number of carbonyl (C=O) groups is 2. The fraction of sp³-hybridized carbons (Fsp3) is 0.273. The molecule has 0 saturated heterocycles. The Bertz CT molecular complexity index is 499. The zero-order valence-electron chi connectivity index (χ0n) is 9.87. The summed E-state index contributed by atoms with van der Waals surface area (Å²) in [5.74, 6) is -1.34. The summed E-state index contributed by atoms with van der Waals surface area (Å²) in [5, 5.41) is 0.0737. The van der Waals surface area contributed by atoms with Crippen LogP contribution in [-0.4, -0.2) is 19.0 Å². The number of benzene rings is 1. The molecule has 0 atom stereocenters. The van der Waals surface area contributed by atoms with Gasteiger partial charge in [0.1, 0.15) is 5.02 Å². The van der Waals surface area contributed by atoms with Crippen LogP contribution in [0.1, 0.15) is 13.8 Å². The van der Waals surface area contributed by atoms with Gasteiger partial charge in [-0.15, -0.1) is 0 Å². The van der Waals surface area contributed by atoms with Gasteiger partial charge in [-0.25, -0.2) is 0 Å². The van der Waals surface area contributed by atoms with Crippen LogP contribution < -0.4 is 14.2 Å². The molecule has 0 aliphatic heterocycles. The van der Waals surface area contributed by atoms with Gasteiger partial charge in [0.15, 0.2) is 11.5 Å². The Morgan fingerprint density at radius 1 is 1.06 bits per heavy atom. The van der Waals surface area contributed by atoms with Crippen LogP contribution in [0, 0.1) is 0 Å². The molecule has 5 nitrogen and oxygen atoms in total. The third-order valence-electron chi connectivity index (χ3n) is 1.81. The fourth-order valence-electron chi connectivity index (χ4n) is 1.19. The van der Waals surface area contributed by atoms with Crippen LogP contribution in [0.15, 0.2) is 6.07 Å². The number of methoxy groups -OCH3 is 1. The molecule has 0 bridgehead atoms. The molecule has 0 aromatic heterocycles. The molecule has 0 fully saturated rings. The Kier molecular flexibility index (Phi) is 4.81. The maximum atomic E-state index is 11.0. The largest absolute Gasteiger partial charge is 0.493 e. The molecule has 0 aliphatic carbocycles. The van der Waals surface area contributed by atoms with Crippen LogP contribution in [0.2, 0.25) is 10.0 Å². The van der Waals surface area contributed by atoms with E-state index in [1.807, 2.05) is 0 Å². The Labute approximate surface area is 114 Å². The van der Waals surface area contributed by atoms with Crippen molar-refractivity contribution < 1.29 is 23.8 Å². The van der Waals surface area contributed by atoms with Crippen molar-refractivity contribution in [2.75, 3.05) is 7.11 Å². The second kappa shape index (κ2) is 5.93. The van der Waals surface area contributed by atoms with E-state index in [2.05, 4.69) is 0 Å². The average molecular weight is 293 g/mol. The van der Waals surface area contributed by atoms with Crippen molar-refractivity contribution in [3.63, 3.8) is 0 Å². The van der Waals surface area contributed by atoms with E-state index in [4.69, 9.17) is 37.4 Å². The summed E-state index contributed by atoms with van der Waals surface area (Å²) in [5.41, 5.74) is 0. The zero-order chi connectivity index (χ0) is 13.9. The summed E-state index contributed by atoms with van der Waals surface area (Å²) >= 11 is 11.7. The summed E-state index contributed by atoms with van der Waals surface area (Å²) in [4.78, 5) is 22.0. The molecule has 0 aliphatic rings. The first-order valence-electron chi connectivity index (χ1n) is 4.79. The highest BCUT2D eigenvalue weighted by Crippen LogP contribution is 2.46. The summed E-state index contributed by atoms with van der Waals surface area (Å²) in [7, 11) is 1.35. The van der Waals surface area contributed by atoms with Crippen LogP contribution in [0.4, 0.5) is 0 Å². The number of halogens is 2. The van der Waals surface area contributed by atoms with Crippen molar-refractivity contribution >= 4 is 35.1 Å². The van der Waals surface area contributed by atoms with Crippen molar-refractivity contribution in [1.82, 2.24) is 0 Å². The van der Waals surface area contributed by atoms with Crippen LogP contribution in [0.3, 0.4) is 0 Å². The lowest BCUT2D eigenvalue weighted by molar-refractivity contribution is -0.134. The third-order valence-corrected chi connectivity index (χ3v) is 2.58. The highest BCUT2D eigenvalue weighted by molar-refractivity contribution is 6.43. The van der Waals surface area contributed by atoms with Crippen molar-refractivity contribution in [3.05, 3.63) is 16.1 Å². The number of carbonyl (C=O) groups excluding carboxylic acids is 2. The van der Waals surface area contributed by atoms with Gasteiger partial charge in [-0.3, -0.25) is 9.59 Å². The lowest BCUT2D eigenvalue weighted by atomic mass is 10.3. The van der Waals surface area contributed by atoms with Gasteiger partial charge < -0.3 is 14.2 Å². The van der Waals surface area contributed by atoms with Gasteiger partial charge in [0.05, 0.1) is 12.1 Å². The van der Waals surface area contributed by atoms with E-state index in [-0.39, 0.29) is 27.3 Å². The molecule has 0 heterocycles. The van der Waals surface area contributed by atoms with Crippen LogP contribution in [0.25, 0.3) is 0 Å². The molecule has 0 radical (unpaired) electrons. The van der Waals surface area contributed by atoms with E-state index >= 15 is 0 Å². The Morgan fingerprint density at radius 3 is 2.00 bits per heavy atom. The topological polar surface area (TPSA) is 61.8 Å². The summed E-state index contributed by atoms with van der Waals surface area (Å²) < 4.78 is 14.8. The van der Waals surface area contributed by atoms with E-state index in [1.54, 1.807) is 0 Å². The maximum Gasteiger partial charge on any atom is 0.308 e. The molecule has 1 aromatic carbocycles. The summed E-state index contributed by atoms with van der Waals surface area (Å²) in [6.45, 7) is 2.38. The van der Waals surface area contributed by atoms with Gasteiger partial charge in [0.2, 0.25) is 5.75 Å². The van der Waals surface area contributed by atoms with Crippen molar-refractivity contribution in [3.8, 4) is 17.2 Å². The standard InChI is InChI=1S/C11H10Cl2O5/c1-5(14)17-10-8(16-3)4-7(12)9(13)11(10)18-6(2)15/h4H,1-3H3. The lowest BCUT2D eigenvalue weighted by Crippen LogP contribution is -2.09. The fourth-order valence-corrected chi connectivity index (χ4v) is 1.55. The van der Waals surface area contributed by atoms with Gasteiger partial charge in [-0.1, -0.05) is 23.2 Å². The predicted octanol–water partition coefficient (Wildman–Crippen LogP) is 2.85. The van der Waals surface area contributed by atoms with Crippen molar-refractivity contribution in [2.45, 2.75) is 13.8 Å². The molecule has 0 unspecified atom stereocenters. The molecule has 0 saturated carbocycles. The second-order valence-electron chi connectivity index (χ2n) is 3.22. The SMILES string of the molecule is COc1cc(Cl)c(Cl)c(OC(C)=O)c1OC(C)=O. The number of esters is 2. The predicted molar refractivity (Wildman–Crippen MR) is 65.6 cm³/mol. The Hall–Kier alpha value is -1.46. The minimum absolute atomic E-state index is 0.0380. The zero-order valence-corrected chi connectivity index (χ0v) is 11.4. The molecule has 0 amide bonds. The smallest absolute Gasteiger partial charge is 0.308 e. The van der Waals surface area contributed by atoms with Gasteiger partial charge in [0.25, 0.3) is 0 Å². The quantitative estimate of drug-likeness (QED) is 0.633. The van der Waals surface area contributed by atoms with E-state index in [0.29, 0.717) is 0 Å². The van der Waals surface area contributed by atoms with Gasteiger partial charge in [-0.05, 0) is 0 Å². The van der Waals surface area contributed by atoms with E-state index in [9.17, 15) is 9.59 Å². The van der Waals surface area contributed by atoms with Crippen LogP contribution in [-0.2, 0) is 9.59 Å². The molecule has 0 spiro atoms. The molecular formula is C11H10Cl2O5. The summed E-state index contributed by atoms with van der Waals surface area (Å²) in [6.07, 6.45) is 0. The van der Waals surface area contributed by atoms with Gasteiger partial charge in [0, 0.05) is 19.9 Å². The maximum absolute atomic E-state index is 11.0. The molecule has 98 valence electrons. The normalized spacial score (nSPS) is 9.83.